The Labute approximate surface area is 407 Å². The van der Waals surface area contributed by atoms with Crippen molar-refractivity contribution in [3.8, 4) is 0 Å². The number of nitrogens with zero attached hydrogens (tertiary/aromatic N) is 1. The van der Waals surface area contributed by atoms with Gasteiger partial charge in [0, 0.05) is 12.8 Å². The van der Waals surface area contributed by atoms with Crippen LogP contribution < -0.4 is 5.11 Å². The van der Waals surface area contributed by atoms with Crippen LogP contribution in [-0.4, -0.2) is 82.3 Å². The summed E-state index contributed by atoms with van der Waals surface area (Å²) in [5.41, 5.74) is 0. The Hall–Kier alpha value is -2.23. The summed E-state index contributed by atoms with van der Waals surface area (Å²) in [5, 5.41) is 11.8. The summed E-state index contributed by atoms with van der Waals surface area (Å²) in [7, 11) is 5.92. The number of carboxylic acid groups (broad SMARTS) is 1. The summed E-state index contributed by atoms with van der Waals surface area (Å²) in [6, 6.07) is 0. The number of hydrogen-bond acceptors (Lipinski definition) is 8. The Morgan fingerprint density at radius 1 is 0.455 bits per heavy atom. The Morgan fingerprint density at radius 3 is 1.21 bits per heavy atom. The van der Waals surface area contributed by atoms with Gasteiger partial charge >= 0.3 is 11.9 Å². The minimum Gasteiger partial charge on any atom is -0.545 e. The van der Waals surface area contributed by atoms with Crippen LogP contribution >= 0.6 is 0 Å². The monoisotopic (exact) mass is 934 g/mol. The number of rotatable bonds is 52. The molecule has 2 unspecified atom stereocenters. The molecule has 9 heteroatoms. The average molecular weight is 934 g/mol. The Morgan fingerprint density at radius 2 is 0.818 bits per heavy atom. The lowest BCUT2D eigenvalue weighted by Gasteiger charge is -2.26. The summed E-state index contributed by atoms with van der Waals surface area (Å²) >= 11 is 0. The van der Waals surface area contributed by atoms with E-state index in [0.717, 1.165) is 51.4 Å². The molecule has 0 rings (SSSR count). The van der Waals surface area contributed by atoms with E-state index in [-0.39, 0.29) is 32.2 Å². The molecule has 0 aromatic heterocycles. The molecule has 0 aliphatic heterocycles. The normalized spacial score (nSPS) is 12.9. The largest absolute Gasteiger partial charge is 0.545 e. The summed E-state index contributed by atoms with van der Waals surface area (Å²) in [5.74, 6) is -2.28. The van der Waals surface area contributed by atoms with Crippen molar-refractivity contribution in [3.05, 3.63) is 24.3 Å². The van der Waals surface area contributed by atoms with Gasteiger partial charge in [0.25, 0.3) is 0 Å². The van der Waals surface area contributed by atoms with Crippen LogP contribution in [0.2, 0.25) is 0 Å². The first-order valence-electron chi connectivity index (χ1n) is 28.0. The first-order chi connectivity index (χ1) is 32.1. The van der Waals surface area contributed by atoms with Crippen LogP contribution in [0.4, 0.5) is 0 Å². The Kier molecular flexibility index (Phi) is 47.5. The Bertz CT molecular complexity index is 1130. The van der Waals surface area contributed by atoms with Gasteiger partial charge in [-0.3, -0.25) is 9.59 Å². The van der Waals surface area contributed by atoms with Gasteiger partial charge in [0.15, 0.2) is 12.4 Å². The van der Waals surface area contributed by atoms with Crippen LogP contribution in [0.3, 0.4) is 0 Å². The number of allylic oxidation sites excluding steroid dienone is 4. The fourth-order valence-electron chi connectivity index (χ4n) is 8.10. The standard InChI is InChI=1S/C57H107NO8/c1-6-8-10-12-14-16-18-20-22-24-26-27-28-29-30-32-33-35-37-39-41-43-45-47-54(59)64-51-53(52-65-57(56(61)62)63-50-49-58(3,4)5)66-55(60)48-46-44-42-40-38-36-34-31-25-23-21-19-17-15-13-11-9-7-2/h17,19,23,25,53,57H,6-16,18,20-22,24,26-52H2,1-5H3/b19-17-,25-23-. The van der Waals surface area contributed by atoms with E-state index in [4.69, 9.17) is 18.9 Å². The van der Waals surface area contributed by atoms with Crippen molar-refractivity contribution in [1.82, 2.24) is 0 Å². The smallest absolute Gasteiger partial charge is 0.306 e. The predicted octanol–water partition coefficient (Wildman–Crippen LogP) is 14.6. The number of likely N-dealkylation sites (N-methyl/N-ethyl adjacent to an activating group) is 1. The van der Waals surface area contributed by atoms with E-state index in [0.29, 0.717) is 23.9 Å². The van der Waals surface area contributed by atoms with Gasteiger partial charge in [-0.1, -0.05) is 231 Å². The number of carbonyl (C=O) groups is 3. The minimum absolute atomic E-state index is 0.148. The van der Waals surface area contributed by atoms with Gasteiger partial charge in [-0.05, 0) is 44.9 Å². The van der Waals surface area contributed by atoms with Crippen molar-refractivity contribution >= 4 is 17.9 Å². The van der Waals surface area contributed by atoms with Crippen LogP contribution in [0.5, 0.6) is 0 Å². The highest BCUT2D eigenvalue weighted by Crippen LogP contribution is 2.17. The molecule has 0 aromatic carbocycles. The second-order valence-electron chi connectivity index (χ2n) is 20.2. The number of carboxylic acids is 1. The molecule has 0 saturated heterocycles. The number of esters is 2. The molecule has 0 aliphatic carbocycles. The van der Waals surface area contributed by atoms with E-state index < -0.39 is 24.3 Å². The Balaban J connectivity index is 4.24. The highest BCUT2D eigenvalue weighted by atomic mass is 16.7. The molecule has 0 saturated carbocycles. The molecule has 9 nitrogen and oxygen atoms in total. The van der Waals surface area contributed by atoms with Crippen LogP contribution in [0.1, 0.15) is 264 Å². The SMILES string of the molecule is CCCCCC/C=C\C/C=C\CCCCCCCCCC(=O)OC(COC(=O)CCCCCCCCCCCCCCCCCCCCCCCCC)COC(OCC[N+](C)(C)C)C(=O)[O-]. The summed E-state index contributed by atoms with van der Waals surface area (Å²) in [4.78, 5) is 37.2. The van der Waals surface area contributed by atoms with Crippen molar-refractivity contribution in [2.75, 3.05) is 47.5 Å². The quantitative estimate of drug-likeness (QED) is 0.0195. The number of ether oxygens (including phenoxy) is 4. The van der Waals surface area contributed by atoms with Gasteiger partial charge < -0.3 is 33.3 Å². The van der Waals surface area contributed by atoms with Gasteiger partial charge in [-0.25, -0.2) is 0 Å². The molecule has 0 aliphatic rings. The molecule has 66 heavy (non-hydrogen) atoms. The van der Waals surface area contributed by atoms with Crippen LogP contribution in [-0.2, 0) is 33.3 Å². The first kappa shape index (κ1) is 63.8. The van der Waals surface area contributed by atoms with Crippen molar-refractivity contribution < 1.29 is 42.9 Å². The number of carbonyl (C=O) groups excluding carboxylic acids is 3. The van der Waals surface area contributed by atoms with E-state index in [2.05, 4.69) is 38.2 Å². The van der Waals surface area contributed by atoms with E-state index >= 15 is 0 Å². The maximum absolute atomic E-state index is 12.8. The molecule has 0 spiro atoms. The van der Waals surface area contributed by atoms with Gasteiger partial charge in [-0.2, -0.15) is 0 Å². The second kappa shape index (κ2) is 49.2. The molecule has 0 aromatic rings. The van der Waals surface area contributed by atoms with E-state index in [1.807, 2.05) is 21.1 Å². The zero-order valence-corrected chi connectivity index (χ0v) is 44.1. The third-order valence-electron chi connectivity index (χ3n) is 12.5. The summed E-state index contributed by atoms with van der Waals surface area (Å²) in [6.07, 6.45) is 53.6. The minimum atomic E-state index is -1.62. The molecule has 0 radical (unpaired) electrons. The summed E-state index contributed by atoms with van der Waals surface area (Å²) in [6.45, 7) is 4.76. The van der Waals surface area contributed by atoms with Crippen LogP contribution in [0.25, 0.3) is 0 Å². The molecule has 388 valence electrons. The molecular formula is C57H107NO8. The molecule has 0 N–H and O–H groups in total. The maximum Gasteiger partial charge on any atom is 0.306 e. The van der Waals surface area contributed by atoms with Gasteiger partial charge in [-0.15, -0.1) is 0 Å². The molecule has 0 amide bonds. The number of aliphatic carboxylic acids is 1. The lowest BCUT2D eigenvalue weighted by atomic mass is 10.0. The zero-order chi connectivity index (χ0) is 48.4. The third kappa shape index (κ3) is 49.7. The number of hydrogen-bond donors (Lipinski definition) is 0. The fraction of sp³-hybridized carbons (Fsp3) is 0.877. The number of unbranched alkanes of at least 4 members (excludes halogenated alkanes) is 33. The van der Waals surface area contributed by atoms with E-state index in [1.54, 1.807) is 0 Å². The molecule has 0 fully saturated rings. The highest BCUT2D eigenvalue weighted by Gasteiger charge is 2.22. The zero-order valence-electron chi connectivity index (χ0n) is 44.1. The van der Waals surface area contributed by atoms with Gasteiger partial charge in [0.2, 0.25) is 0 Å². The lowest BCUT2D eigenvalue weighted by molar-refractivity contribution is -0.870. The first-order valence-corrected chi connectivity index (χ1v) is 28.0. The second-order valence-corrected chi connectivity index (χ2v) is 20.2. The van der Waals surface area contributed by atoms with Crippen molar-refractivity contribution in [2.45, 2.75) is 277 Å². The molecule has 0 bridgehead atoms. The topological polar surface area (TPSA) is 111 Å². The van der Waals surface area contributed by atoms with Crippen molar-refractivity contribution in [2.24, 2.45) is 0 Å². The average Bonchev–Trinajstić information content (AvgIpc) is 3.28. The highest BCUT2D eigenvalue weighted by molar-refractivity contribution is 5.70. The lowest BCUT2D eigenvalue weighted by Crippen LogP contribution is -2.44. The van der Waals surface area contributed by atoms with Crippen LogP contribution in [0, 0.1) is 0 Å². The van der Waals surface area contributed by atoms with Gasteiger partial charge in [0.05, 0.1) is 40.3 Å². The fourth-order valence-corrected chi connectivity index (χ4v) is 8.10. The third-order valence-corrected chi connectivity index (χ3v) is 12.5. The van der Waals surface area contributed by atoms with Crippen LogP contribution in [0.15, 0.2) is 24.3 Å². The van der Waals surface area contributed by atoms with Crippen molar-refractivity contribution in [1.29, 1.82) is 0 Å². The molecule has 0 heterocycles. The van der Waals surface area contributed by atoms with Crippen molar-refractivity contribution in [3.63, 3.8) is 0 Å². The maximum atomic E-state index is 12.8. The molecule has 2 atom stereocenters. The predicted molar refractivity (Wildman–Crippen MR) is 274 cm³/mol. The van der Waals surface area contributed by atoms with E-state index in [9.17, 15) is 19.5 Å². The number of quaternary nitrogens is 1. The summed E-state index contributed by atoms with van der Waals surface area (Å²) < 4.78 is 22.7. The molecular weight excluding hydrogens is 827 g/mol. The van der Waals surface area contributed by atoms with E-state index in [1.165, 1.54) is 180 Å². The van der Waals surface area contributed by atoms with Gasteiger partial charge in [0.1, 0.15) is 13.2 Å².